The molecule has 0 saturated carbocycles. The summed E-state index contributed by atoms with van der Waals surface area (Å²) >= 11 is 0. The molecular weight excluding hydrogens is 460 g/mol. The van der Waals surface area contributed by atoms with Gasteiger partial charge in [-0.15, -0.1) is 0 Å². The average molecular weight is 493 g/mol. The van der Waals surface area contributed by atoms with Gasteiger partial charge in [0.2, 0.25) is 11.8 Å². The molecule has 0 aliphatic rings. The molecule has 5 heteroatoms. The minimum absolute atomic E-state index is 0.0300. The molecule has 5 nitrogen and oxygen atoms in total. The molecule has 37 heavy (non-hydrogen) atoms. The van der Waals surface area contributed by atoms with Gasteiger partial charge in [-0.3, -0.25) is 9.59 Å². The Bertz CT molecular complexity index is 1180. The second-order valence-electron chi connectivity index (χ2n) is 8.87. The van der Waals surface area contributed by atoms with Crippen molar-refractivity contribution in [1.82, 2.24) is 0 Å². The fourth-order valence-corrected chi connectivity index (χ4v) is 4.32. The number of hydrogen-bond acceptors (Lipinski definition) is 3. The van der Waals surface area contributed by atoms with Crippen LogP contribution in [-0.2, 0) is 9.59 Å². The molecule has 4 aromatic rings. The summed E-state index contributed by atoms with van der Waals surface area (Å²) in [7, 11) is 0. The highest BCUT2D eigenvalue weighted by Crippen LogP contribution is 2.27. The molecule has 0 radical (unpaired) electrons. The normalized spacial score (nSPS) is 12.3. The van der Waals surface area contributed by atoms with E-state index in [1.54, 1.807) is 0 Å². The summed E-state index contributed by atoms with van der Waals surface area (Å²) in [6, 6.07) is 34.2. The van der Waals surface area contributed by atoms with E-state index < -0.39 is 0 Å². The van der Waals surface area contributed by atoms with Crippen molar-refractivity contribution >= 4 is 23.2 Å². The monoisotopic (exact) mass is 492 g/mol. The zero-order valence-corrected chi connectivity index (χ0v) is 21.2. The lowest BCUT2D eigenvalue weighted by Gasteiger charge is -2.16. The van der Waals surface area contributed by atoms with Crippen LogP contribution in [0.2, 0.25) is 0 Å². The van der Waals surface area contributed by atoms with E-state index in [0.29, 0.717) is 22.9 Å². The van der Waals surface area contributed by atoms with Crippen LogP contribution < -0.4 is 15.4 Å². The molecule has 188 valence electrons. The number of hydrogen-bond donors (Lipinski definition) is 2. The predicted octanol–water partition coefficient (Wildman–Crippen LogP) is 7.74. The number of amides is 2. The third-order valence-electron chi connectivity index (χ3n) is 6.33. The van der Waals surface area contributed by atoms with Crippen LogP contribution >= 0.6 is 0 Å². The summed E-state index contributed by atoms with van der Waals surface area (Å²) in [6.45, 7) is 4.02. The van der Waals surface area contributed by atoms with Crippen LogP contribution in [0.25, 0.3) is 0 Å². The largest absolute Gasteiger partial charge is 0.457 e. The van der Waals surface area contributed by atoms with Crippen molar-refractivity contribution < 1.29 is 14.3 Å². The summed E-state index contributed by atoms with van der Waals surface area (Å²) in [4.78, 5) is 25.6. The first kappa shape index (κ1) is 25.7. The van der Waals surface area contributed by atoms with Crippen molar-refractivity contribution in [2.24, 2.45) is 0 Å². The predicted molar refractivity (Wildman–Crippen MR) is 149 cm³/mol. The zero-order chi connectivity index (χ0) is 26.0. The molecule has 0 aliphatic heterocycles. The number of rotatable bonds is 10. The van der Waals surface area contributed by atoms with E-state index in [0.717, 1.165) is 24.0 Å². The van der Waals surface area contributed by atoms with Crippen LogP contribution in [0.15, 0.2) is 109 Å². The molecule has 4 rings (SSSR count). The van der Waals surface area contributed by atoms with Crippen LogP contribution in [0.4, 0.5) is 11.4 Å². The Kier molecular flexibility index (Phi) is 8.71. The van der Waals surface area contributed by atoms with E-state index >= 15 is 0 Å². The Morgan fingerprint density at radius 3 is 1.24 bits per heavy atom. The Labute approximate surface area is 218 Å². The molecule has 2 N–H and O–H groups in total. The van der Waals surface area contributed by atoms with Gasteiger partial charge in [0.15, 0.2) is 0 Å². The van der Waals surface area contributed by atoms with Gasteiger partial charge >= 0.3 is 0 Å². The number of carbonyl (C=O) groups is 2. The van der Waals surface area contributed by atoms with Gasteiger partial charge < -0.3 is 15.4 Å². The number of ether oxygens (including phenoxy) is 1. The molecule has 2 amide bonds. The second kappa shape index (κ2) is 12.5. The van der Waals surface area contributed by atoms with Crippen LogP contribution in [0, 0.1) is 0 Å². The average Bonchev–Trinajstić information content (AvgIpc) is 2.93. The minimum atomic E-state index is -0.198. The van der Waals surface area contributed by atoms with Gasteiger partial charge in [0.25, 0.3) is 0 Å². The minimum Gasteiger partial charge on any atom is -0.457 e. The molecule has 0 fully saturated rings. The van der Waals surface area contributed by atoms with Crippen molar-refractivity contribution in [2.75, 3.05) is 10.6 Å². The van der Waals surface area contributed by atoms with Gasteiger partial charge in [0, 0.05) is 11.4 Å². The maximum absolute atomic E-state index is 12.8. The highest BCUT2D eigenvalue weighted by Gasteiger charge is 2.19. The lowest BCUT2D eigenvalue weighted by Crippen LogP contribution is -2.20. The fraction of sp³-hybridized carbons (Fsp3) is 0.188. The van der Waals surface area contributed by atoms with Gasteiger partial charge in [-0.25, -0.2) is 0 Å². The molecule has 0 saturated heterocycles. The molecule has 2 atom stereocenters. The Hall–Kier alpha value is -4.38. The topological polar surface area (TPSA) is 67.4 Å². The quantitative estimate of drug-likeness (QED) is 0.238. The van der Waals surface area contributed by atoms with E-state index in [1.165, 1.54) is 0 Å². The smallest absolute Gasteiger partial charge is 0.231 e. The van der Waals surface area contributed by atoms with Gasteiger partial charge in [0.05, 0.1) is 11.8 Å². The molecular formula is C32H32N2O3. The molecule has 0 heterocycles. The second-order valence-corrected chi connectivity index (χ2v) is 8.87. The van der Waals surface area contributed by atoms with Gasteiger partial charge in [0.1, 0.15) is 11.5 Å². The maximum Gasteiger partial charge on any atom is 0.231 e. The standard InChI is InChI=1S/C32H32N2O3/c1-3-29(23-11-7-5-8-12-23)31(35)33-25-15-19-27(20-16-25)37-28-21-17-26(18-22-28)34-32(36)30(4-2)24-13-9-6-10-14-24/h5-22,29-30H,3-4H2,1-2H3,(H,33,35)(H,34,36). The van der Waals surface area contributed by atoms with Gasteiger partial charge in [-0.2, -0.15) is 0 Å². The molecule has 0 spiro atoms. The van der Waals surface area contributed by atoms with Crippen molar-refractivity contribution in [3.63, 3.8) is 0 Å². The summed E-state index contributed by atoms with van der Waals surface area (Å²) in [5.74, 6) is 0.850. The van der Waals surface area contributed by atoms with Crippen LogP contribution in [0.3, 0.4) is 0 Å². The first-order valence-corrected chi connectivity index (χ1v) is 12.7. The molecule has 0 bridgehead atoms. The SMILES string of the molecule is CCC(C(=O)Nc1ccc(Oc2ccc(NC(=O)C(CC)c3ccccc3)cc2)cc1)c1ccccc1. The lowest BCUT2D eigenvalue weighted by atomic mass is 9.95. The number of nitrogens with one attached hydrogen (secondary N) is 2. The molecule has 2 unspecified atom stereocenters. The van der Waals surface area contributed by atoms with Crippen LogP contribution in [0.5, 0.6) is 11.5 Å². The van der Waals surface area contributed by atoms with E-state index in [1.807, 2.05) is 123 Å². The van der Waals surface area contributed by atoms with Crippen molar-refractivity contribution in [1.29, 1.82) is 0 Å². The Morgan fingerprint density at radius 1 is 0.568 bits per heavy atom. The fourth-order valence-electron chi connectivity index (χ4n) is 4.32. The van der Waals surface area contributed by atoms with Crippen molar-refractivity contribution in [3.8, 4) is 11.5 Å². The molecule has 4 aromatic carbocycles. The van der Waals surface area contributed by atoms with E-state index in [2.05, 4.69) is 10.6 Å². The Balaban J connectivity index is 1.33. The summed E-state index contributed by atoms with van der Waals surface area (Å²) < 4.78 is 5.95. The highest BCUT2D eigenvalue weighted by molar-refractivity contribution is 5.96. The van der Waals surface area contributed by atoms with Crippen LogP contribution in [0.1, 0.15) is 49.7 Å². The van der Waals surface area contributed by atoms with E-state index in [4.69, 9.17) is 4.74 Å². The third kappa shape index (κ3) is 6.85. The maximum atomic E-state index is 12.8. The molecule has 0 aliphatic carbocycles. The first-order valence-electron chi connectivity index (χ1n) is 12.7. The zero-order valence-electron chi connectivity index (χ0n) is 21.2. The summed E-state index contributed by atoms with van der Waals surface area (Å²) in [5.41, 5.74) is 3.45. The van der Waals surface area contributed by atoms with Crippen LogP contribution in [-0.4, -0.2) is 11.8 Å². The lowest BCUT2D eigenvalue weighted by molar-refractivity contribution is -0.118. The van der Waals surface area contributed by atoms with Gasteiger partial charge in [-0.1, -0.05) is 74.5 Å². The highest BCUT2D eigenvalue weighted by atomic mass is 16.5. The first-order chi connectivity index (χ1) is 18.1. The number of anilines is 2. The van der Waals surface area contributed by atoms with Gasteiger partial charge in [-0.05, 0) is 72.5 Å². The number of carbonyl (C=O) groups excluding carboxylic acids is 2. The Morgan fingerprint density at radius 2 is 0.919 bits per heavy atom. The number of benzene rings is 4. The van der Waals surface area contributed by atoms with Crippen molar-refractivity contribution in [3.05, 3.63) is 120 Å². The summed E-state index contributed by atoms with van der Waals surface area (Å²) in [6.07, 6.45) is 1.44. The van der Waals surface area contributed by atoms with E-state index in [9.17, 15) is 9.59 Å². The van der Waals surface area contributed by atoms with Crippen molar-refractivity contribution in [2.45, 2.75) is 38.5 Å². The molecule has 0 aromatic heterocycles. The van der Waals surface area contributed by atoms with E-state index in [-0.39, 0.29) is 23.7 Å². The third-order valence-corrected chi connectivity index (χ3v) is 6.33. The summed E-state index contributed by atoms with van der Waals surface area (Å²) in [5, 5.41) is 6.00.